The Balaban J connectivity index is 2.34. The topological polar surface area (TPSA) is 87.7 Å². The fourth-order valence-electron chi connectivity index (χ4n) is 1.61. The first-order chi connectivity index (χ1) is 10.1. The molecule has 0 saturated heterocycles. The molecule has 0 aliphatic heterocycles. The van der Waals surface area contributed by atoms with Crippen molar-refractivity contribution in [3.63, 3.8) is 0 Å². The Morgan fingerprint density at radius 2 is 2.10 bits per heavy atom. The first-order valence-corrected chi connectivity index (χ1v) is 7.11. The lowest BCUT2D eigenvalue weighted by molar-refractivity contribution is -0.137. The summed E-state index contributed by atoms with van der Waals surface area (Å²) in [6, 6.07) is 6.81. The van der Waals surface area contributed by atoms with Gasteiger partial charge >= 0.3 is 12.0 Å². The van der Waals surface area contributed by atoms with Crippen molar-refractivity contribution < 1.29 is 19.4 Å². The van der Waals surface area contributed by atoms with Gasteiger partial charge in [-0.2, -0.15) is 0 Å². The fraction of sp³-hybridized carbons (Fsp3) is 0.467. The smallest absolute Gasteiger partial charge is 0.319 e. The van der Waals surface area contributed by atoms with E-state index in [0.717, 1.165) is 12.8 Å². The van der Waals surface area contributed by atoms with E-state index in [9.17, 15) is 9.59 Å². The van der Waals surface area contributed by atoms with Crippen molar-refractivity contribution in [2.45, 2.75) is 32.6 Å². The maximum absolute atomic E-state index is 11.6. The van der Waals surface area contributed by atoms with Gasteiger partial charge in [0.25, 0.3) is 0 Å². The average molecular weight is 294 g/mol. The fourth-order valence-corrected chi connectivity index (χ4v) is 1.61. The van der Waals surface area contributed by atoms with Crippen molar-refractivity contribution >= 4 is 17.7 Å². The van der Waals surface area contributed by atoms with Crippen LogP contribution in [0.4, 0.5) is 10.5 Å². The van der Waals surface area contributed by atoms with E-state index in [0.29, 0.717) is 31.0 Å². The van der Waals surface area contributed by atoms with Gasteiger partial charge in [-0.1, -0.05) is 19.4 Å². The van der Waals surface area contributed by atoms with Gasteiger partial charge < -0.3 is 20.5 Å². The second-order valence-electron chi connectivity index (χ2n) is 4.61. The SMILES string of the molecule is CCCCOc1cccc(NC(=O)NCCCC(=O)O)c1. The molecule has 0 saturated carbocycles. The Labute approximate surface area is 124 Å². The number of carbonyl (C=O) groups is 2. The van der Waals surface area contributed by atoms with Crippen LogP contribution < -0.4 is 15.4 Å². The maximum Gasteiger partial charge on any atom is 0.319 e. The molecule has 1 aromatic carbocycles. The number of hydrogen-bond acceptors (Lipinski definition) is 3. The van der Waals surface area contributed by atoms with E-state index < -0.39 is 5.97 Å². The highest BCUT2D eigenvalue weighted by Crippen LogP contribution is 2.17. The molecular weight excluding hydrogens is 272 g/mol. The van der Waals surface area contributed by atoms with Crippen molar-refractivity contribution in [1.82, 2.24) is 5.32 Å². The Morgan fingerprint density at radius 1 is 1.29 bits per heavy atom. The van der Waals surface area contributed by atoms with Gasteiger partial charge in [0.2, 0.25) is 0 Å². The van der Waals surface area contributed by atoms with Crippen molar-refractivity contribution in [3.05, 3.63) is 24.3 Å². The summed E-state index contributed by atoms with van der Waals surface area (Å²) in [5.74, 6) is -0.152. The van der Waals surface area contributed by atoms with Crippen LogP contribution in [0.1, 0.15) is 32.6 Å². The molecule has 3 N–H and O–H groups in total. The molecule has 0 spiro atoms. The molecule has 0 aliphatic rings. The second kappa shape index (κ2) is 9.63. The quantitative estimate of drug-likeness (QED) is 0.611. The first kappa shape index (κ1) is 16.8. The van der Waals surface area contributed by atoms with Crippen molar-refractivity contribution in [1.29, 1.82) is 0 Å². The normalized spacial score (nSPS) is 9.95. The molecule has 0 heterocycles. The largest absolute Gasteiger partial charge is 0.494 e. The molecule has 116 valence electrons. The summed E-state index contributed by atoms with van der Waals surface area (Å²) < 4.78 is 5.56. The zero-order chi connectivity index (χ0) is 15.5. The number of benzene rings is 1. The van der Waals surface area contributed by atoms with Crippen LogP contribution >= 0.6 is 0 Å². The predicted molar refractivity (Wildman–Crippen MR) is 80.7 cm³/mol. The van der Waals surface area contributed by atoms with E-state index in [1.807, 2.05) is 6.07 Å². The Bertz CT molecular complexity index is 463. The highest BCUT2D eigenvalue weighted by Gasteiger charge is 2.03. The molecule has 6 heteroatoms. The lowest BCUT2D eigenvalue weighted by Gasteiger charge is -2.09. The molecule has 0 bridgehead atoms. The molecule has 0 aromatic heterocycles. The summed E-state index contributed by atoms with van der Waals surface area (Å²) >= 11 is 0. The molecular formula is C15H22N2O4. The number of hydrogen-bond donors (Lipinski definition) is 3. The minimum atomic E-state index is -0.867. The third-order valence-corrected chi connectivity index (χ3v) is 2.71. The van der Waals surface area contributed by atoms with Crippen LogP contribution in [-0.4, -0.2) is 30.3 Å². The number of ether oxygens (including phenoxy) is 1. The van der Waals surface area contributed by atoms with E-state index in [2.05, 4.69) is 17.6 Å². The summed E-state index contributed by atoms with van der Waals surface area (Å²) in [4.78, 5) is 22.0. The summed E-state index contributed by atoms with van der Waals surface area (Å²) in [6.07, 6.45) is 2.50. The number of amides is 2. The van der Waals surface area contributed by atoms with Crippen LogP contribution in [0.25, 0.3) is 0 Å². The van der Waals surface area contributed by atoms with Gasteiger partial charge in [0, 0.05) is 24.7 Å². The van der Waals surface area contributed by atoms with Gasteiger partial charge in [-0.3, -0.25) is 4.79 Å². The van der Waals surface area contributed by atoms with Gasteiger partial charge in [0.15, 0.2) is 0 Å². The molecule has 0 unspecified atom stereocenters. The zero-order valence-electron chi connectivity index (χ0n) is 12.2. The van der Waals surface area contributed by atoms with Crippen LogP contribution in [0.2, 0.25) is 0 Å². The summed E-state index contributed by atoms with van der Waals surface area (Å²) in [5, 5.41) is 13.8. The second-order valence-corrected chi connectivity index (χ2v) is 4.61. The number of carbonyl (C=O) groups excluding carboxylic acids is 1. The molecule has 21 heavy (non-hydrogen) atoms. The lowest BCUT2D eigenvalue weighted by atomic mass is 10.3. The molecule has 1 rings (SSSR count). The minimum Gasteiger partial charge on any atom is -0.494 e. The zero-order valence-corrected chi connectivity index (χ0v) is 12.2. The molecule has 0 atom stereocenters. The Hall–Kier alpha value is -2.24. The van der Waals surface area contributed by atoms with E-state index in [1.54, 1.807) is 18.2 Å². The summed E-state index contributed by atoms with van der Waals surface area (Å²) in [7, 11) is 0. The molecule has 0 radical (unpaired) electrons. The minimum absolute atomic E-state index is 0.0427. The number of unbranched alkanes of at least 4 members (excludes halogenated alkanes) is 1. The van der Waals surface area contributed by atoms with Gasteiger partial charge in [-0.15, -0.1) is 0 Å². The molecule has 0 aliphatic carbocycles. The van der Waals surface area contributed by atoms with Crippen molar-refractivity contribution in [2.75, 3.05) is 18.5 Å². The van der Waals surface area contributed by atoms with Gasteiger partial charge in [0.1, 0.15) is 5.75 Å². The molecule has 2 amide bonds. The Kier molecular flexibility index (Phi) is 7.71. The first-order valence-electron chi connectivity index (χ1n) is 7.11. The molecule has 1 aromatic rings. The number of aliphatic carboxylic acids is 1. The van der Waals surface area contributed by atoms with Crippen LogP contribution in [0.5, 0.6) is 5.75 Å². The van der Waals surface area contributed by atoms with E-state index in [1.165, 1.54) is 0 Å². The van der Waals surface area contributed by atoms with Crippen molar-refractivity contribution in [2.24, 2.45) is 0 Å². The van der Waals surface area contributed by atoms with Crippen LogP contribution in [0.3, 0.4) is 0 Å². The summed E-state index contributed by atoms with van der Waals surface area (Å²) in [5.41, 5.74) is 0.639. The third kappa shape index (κ3) is 7.81. The van der Waals surface area contributed by atoms with Crippen LogP contribution in [0, 0.1) is 0 Å². The number of rotatable bonds is 9. The van der Waals surface area contributed by atoms with Crippen LogP contribution in [0.15, 0.2) is 24.3 Å². The number of nitrogens with one attached hydrogen (secondary N) is 2. The van der Waals surface area contributed by atoms with Crippen LogP contribution in [-0.2, 0) is 4.79 Å². The summed E-state index contributed by atoms with van der Waals surface area (Å²) in [6.45, 7) is 3.07. The van der Waals surface area contributed by atoms with Gasteiger partial charge in [-0.25, -0.2) is 4.79 Å². The lowest BCUT2D eigenvalue weighted by Crippen LogP contribution is -2.29. The average Bonchev–Trinajstić information content (AvgIpc) is 2.44. The standard InChI is InChI=1S/C15H22N2O4/c1-2-3-10-21-13-7-4-6-12(11-13)17-15(20)16-9-5-8-14(18)19/h4,6-7,11H,2-3,5,8-10H2,1H3,(H,18,19)(H2,16,17,20). The maximum atomic E-state index is 11.6. The van der Waals surface area contributed by atoms with Crippen molar-refractivity contribution in [3.8, 4) is 5.75 Å². The highest BCUT2D eigenvalue weighted by atomic mass is 16.5. The molecule has 6 nitrogen and oxygen atoms in total. The monoisotopic (exact) mass is 294 g/mol. The highest BCUT2D eigenvalue weighted by molar-refractivity contribution is 5.89. The Morgan fingerprint density at radius 3 is 2.81 bits per heavy atom. The van der Waals surface area contributed by atoms with Gasteiger partial charge in [0.05, 0.1) is 6.61 Å². The number of urea groups is 1. The number of anilines is 1. The number of carboxylic acids is 1. The third-order valence-electron chi connectivity index (χ3n) is 2.71. The molecule has 0 fully saturated rings. The van der Waals surface area contributed by atoms with E-state index in [4.69, 9.17) is 9.84 Å². The predicted octanol–water partition coefficient (Wildman–Crippen LogP) is 2.85. The number of carboxylic acid groups (broad SMARTS) is 1. The van der Waals surface area contributed by atoms with E-state index in [-0.39, 0.29) is 12.5 Å². The van der Waals surface area contributed by atoms with Gasteiger partial charge in [-0.05, 0) is 25.0 Å². The van der Waals surface area contributed by atoms with E-state index >= 15 is 0 Å².